The van der Waals surface area contributed by atoms with E-state index in [2.05, 4.69) is 32.9 Å². The van der Waals surface area contributed by atoms with Crippen molar-refractivity contribution in [1.82, 2.24) is 0 Å². The summed E-state index contributed by atoms with van der Waals surface area (Å²) in [5, 5.41) is 10.2. The smallest absolute Gasteiger partial charge is 0.0804 e. The van der Waals surface area contributed by atoms with Crippen molar-refractivity contribution in [2.24, 2.45) is 5.73 Å². The average molecular weight is 265 g/mol. The molecule has 0 heterocycles. The predicted molar refractivity (Wildman–Crippen MR) is 79.2 cm³/mol. The normalized spacial score (nSPS) is 15.3. The summed E-state index contributed by atoms with van der Waals surface area (Å²) in [5.74, 6) is 0. The quantitative estimate of drug-likeness (QED) is 0.831. The van der Waals surface area contributed by atoms with Gasteiger partial charge in [-0.25, -0.2) is 0 Å². The van der Waals surface area contributed by atoms with E-state index in [4.69, 9.17) is 10.5 Å². The maximum absolute atomic E-state index is 10.2. The highest BCUT2D eigenvalue weighted by Gasteiger charge is 2.16. The first-order valence-electron chi connectivity index (χ1n) is 6.87. The number of hydrogen-bond acceptors (Lipinski definition) is 3. The van der Waals surface area contributed by atoms with Crippen molar-refractivity contribution in [3.8, 4) is 0 Å². The zero-order valence-corrected chi connectivity index (χ0v) is 12.5. The molecule has 19 heavy (non-hydrogen) atoms. The van der Waals surface area contributed by atoms with E-state index in [0.29, 0.717) is 13.0 Å². The van der Waals surface area contributed by atoms with Crippen molar-refractivity contribution in [2.45, 2.75) is 51.2 Å². The third kappa shape index (κ3) is 5.31. The molecule has 108 valence electrons. The van der Waals surface area contributed by atoms with E-state index in [1.807, 2.05) is 12.1 Å². The lowest BCUT2D eigenvalue weighted by molar-refractivity contribution is 0.141. The van der Waals surface area contributed by atoms with Crippen LogP contribution in [0.15, 0.2) is 24.3 Å². The Hall–Kier alpha value is -0.900. The van der Waals surface area contributed by atoms with E-state index in [-0.39, 0.29) is 11.5 Å². The van der Waals surface area contributed by atoms with Gasteiger partial charge in [-0.1, -0.05) is 45.0 Å². The molecule has 3 nitrogen and oxygen atoms in total. The van der Waals surface area contributed by atoms with Gasteiger partial charge >= 0.3 is 0 Å². The average Bonchev–Trinajstić information content (AvgIpc) is 2.35. The molecule has 0 aliphatic rings. The molecule has 0 aliphatic carbocycles. The lowest BCUT2D eigenvalue weighted by atomic mass is 9.86. The molecule has 0 amide bonds. The fourth-order valence-corrected chi connectivity index (χ4v) is 2.02. The van der Waals surface area contributed by atoms with E-state index in [9.17, 15) is 5.11 Å². The van der Waals surface area contributed by atoms with Gasteiger partial charge < -0.3 is 15.6 Å². The summed E-state index contributed by atoms with van der Waals surface area (Å²) >= 11 is 0. The summed E-state index contributed by atoms with van der Waals surface area (Å²) in [5.41, 5.74) is 8.30. The van der Waals surface area contributed by atoms with Gasteiger partial charge in [0, 0.05) is 19.8 Å². The Morgan fingerprint density at radius 1 is 1.21 bits per heavy atom. The molecule has 1 rings (SSSR count). The van der Waals surface area contributed by atoms with Crippen LogP contribution in [0.4, 0.5) is 0 Å². The lowest BCUT2D eigenvalue weighted by Gasteiger charge is -2.21. The number of hydrogen-bond donors (Lipinski definition) is 2. The fraction of sp³-hybridized carbons (Fsp3) is 0.625. The topological polar surface area (TPSA) is 55.5 Å². The molecule has 0 spiro atoms. The maximum atomic E-state index is 10.2. The molecule has 3 heteroatoms. The second kappa shape index (κ2) is 7.04. The molecule has 1 aromatic rings. The molecule has 0 radical (unpaired) electrons. The van der Waals surface area contributed by atoms with Crippen LogP contribution in [0.3, 0.4) is 0 Å². The van der Waals surface area contributed by atoms with Gasteiger partial charge in [-0.3, -0.25) is 0 Å². The predicted octanol–water partition coefficient (Wildman–Crippen LogP) is 2.77. The highest BCUT2D eigenvalue weighted by atomic mass is 16.5. The SMILES string of the molecule is COCCC(N)CC(O)c1ccc(C(C)(C)C)cc1. The first-order valence-corrected chi connectivity index (χ1v) is 6.87. The van der Waals surface area contributed by atoms with Crippen molar-refractivity contribution in [1.29, 1.82) is 0 Å². The maximum Gasteiger partial charge on any atom is 0.0804 e. The first kappa shape index (κ1) is 16.2. The number of rotatable bonds is 6. The molecule has 0 bridgehead atoms. The Balaban J connectivity index is 2.60. The molecule has 0 aliphatic heterocycles. The number of aliphatic hydroxyl groups is 1. The van der Waals surface area contributed by atoms with Crippen LogP contribution in [0, 0.1) is 0 Å². The van der Waals surface area contributed by atoms with Crippen LogP contribution in [0.2, 0.25) is 0 Å². The minimum atomic E-state index is -0.499. The second-order valence-electron chi connectivity index (χ2n) is 6.17. The fourth-order valence-electron chi connectivity index (χ4n) is 2.02. The molecule has 0 fully saturated rings. The van der Waals surface area contributed by atoms with E-state index >= 15 is 0 Å². The van der Waals surface area contributed by atoms with E-state index in [0.717, 1.165) is 12.0 Å². The third-order valence-electron chi connectivity index (χ3n) is 3.38. The molecule has 2 atom stereocenters. The Bertz CT molecular complexity index is 367. The van der Waals surface area contributed by atoms with Crippen molar-refractivity contribution >= 4 is 0 Å². The largest absolute Gasteiger partial charge is 0.388 e. The number of methoxy groups -OCH3 is 1. The number of nitrogens with two attached hydrogens (primary N) is 1. The van der Waals surface area contributed by atoms with Crippen molar-refractivity contribution in [3.05, 3.63) is 35.4 Å². The van der Waals surface area contributed by atoms with Crippen molar-refractivity contribution < 1.29 is 9.84 Å². The van der Waals surface area contributed by atoms with Crippen LogP contribution in [0.1, 0.15) is 50.8 Å². The minimum absolute atomic E-state index is 0.0303. The van der Waals surface area contributed by atoms with Crippen LogP contribution in [-0.2, 0) is 10.2 Å². The second-order valence-corrected chi connectivity index (χ2v) is 6.17. The standard InChI is InChI=1S/C16H27NO2/c1-16(2,3)13-7-5-12(6-8-13)15(18)11-14(17)9-10-19-4/h5-8,14-15,18H,9-11,17H2,1-4H3. The van der Waals surface area contributed by atoms with Crippen LogP contribution in [0.25, 0.3) is 0 Å². The number of aliphatic hydroxyl groups excluding tert-OH is 1. The Labute approximate surface area is 116 Å². The van der Waals surface area contributed by atoms with Gasteiger partial charge in [0.1, 0.15) is 0 Å². The molecule has 0 saturated heterocycles. The molecule has 0 saturated carbocycles. The van der Waals surface area contributed by atoms with Gasteiger partial charge in [0.25, 0.3) is 0 Å². The Morgan fingerprint density at radius 2 is 1.79 bits per heavy atom. The zero-order valence-electron chi connectivity index (χ0n) is 12.5. The molecule has 3 N–H and O–H groups in total. The summed E-state index contributed by atoms with van der Waals surface area (Å²) in [6.45, 7) is 7.17. The van der Waals surface area contributed by atoms with Gasteiger partial charge in [0.2, 0.25) is 0 Å². The van der Waals surface area contributed by atoms with Crippen molar-refractivity contribution in [3.63, 3.8) is 0 Å². The summed E-state index contributed by atoms with van der Waals surface area (Å²) in [6, 6.07) is 8.12. The highest BCUT2D eigenvalue weighted by Crippen LogP contribution is 2.25. The number of benzene rings is 1. The minimum Gasteiger partial charge on any atom is -0.388 e. The van der Waals surface area contributed by atoms with E-state index < -0.39 is 6.10 Å². The van der Waals surface area contributed by atoms with Crippen LogP contribution >= 0.6 is 0 Å². The zero-order chi connectivity index (χ0) is 14.5. The lowest BCUT2D eigenvalue weighted by Crippen LogP contribution is -2.24. The Morgan fingerprint density at radius 3 is 2.26 bits per heavy atom. The summed E-state index contributed by atoms with van der Waals surface area (Å²) < 4.78 is 4.99. The monoisotopic (exact) mass is 265 g/mol. The Kier molecular flexibility index (Phi) is 5.98. The summed E-state index contributed by atoms with van der Waals surface area (Å²) in [4.78, 5) is 0. The summed E-state index contributed by atoms with van der Waals surface area (Å²) in [6.07, 6.45) is 0.840. The third-order valence-corrected chi connectivity index (χ3v) is 3.38. The van der Waals surface area contributed by atoms with Crippen LogP contribution in [-0.4, -0.2) is 24.9 Å². The van der Waals surface area contributed by atoms with E-state index in [1.54, 1.807) is 7.11 Å². The van der Waals surface area contributed by atoms with Gasteiger partial charge in [-0.05, 0) is 29.4 Å². The molecule has 2 unspecified atom stereocenters. The number of ether oxygens (including phenoxy) is 1. The van der Waals surface area contributed by atoms with Crippen LogP contribution in [0.5, 0.6) is 0 Å². The first-order chi connectivity index (χ1) is 8.84. The highest BCUT2D eigenvalue weighted by molar-refractivity contribution is 5.28. The van der Waals surface area contributed by atoms with Gasteiger partial charge in [-0.15, -0.1) is 0 Å². The van der Waals surface area contributed by atoms with Gasteiger partial charge in [0.15, 0.2) is 0 Å². The molecule has 1 aromatic carbocycles. The van der Waals surface area contributed by atoms with Crippen molar-refractivity contribution in [2.75, 3.05) is 13.7 Å². The summed E-state index contributed by atoms with van der Waals surface area (Å²) in [7, 11) is 1.66. The van der Waals surface area contributed by atoms with Gasteiger partial charge in [-0.2, -0.15) is 0 Å². The van der Waals surface area contributed by atoms with Crippen LogP contribution < -0.4 is 5.73 Å². The molecular formula is C16H27NO2. The van der Waals surface area contributed by atoms with Gasteiger partial charge in [0.05, 0.1) is 6.10 Å². The van der Waals surface area contributed by atoms with E-state index in [1.165, 1.54) is 5.56 Å². The molecular weight excluding hydrogens is 238 g/mol. The molecule has 0 aromatic heterocycles.